The summed E-state index contributed by atoms with van der Waals surface area (Å²) in [5, 5.41) is 10.8. The van der Waals surface area contributed by atoms with Crippen LogP contribution in [-0.4, -0.2) is 47.3 Å². The van der Waals surface area contributed by atoms with E-state index in [-0.39, 0.29) is 35.2 Å². The van der Waals surface area contributed by atoms with Crippen molar-refractivity contribution >= 4 is 34.2 Å². The second-order valence-corrected chi connectivity index (χ2v) is 10.1. The van der Waals surface area contributed by atoms with Gasteiger partial charge in [0.1, 0.15) is 23.0 Å². The van der Waals surface area contributed by atoms with Gasteiger partial charge in [0, 0.05) is 29.7 Å². The minimum atomic E-state index is -4.68. The summed E-state index contributed by atoms with van der Waals surface area (Å²) in [6.45, 7) is 1.14. The Morgan fingerprint density at radius 3 is 2.50 bits per heavy atom. The summed E-state index contributed by atoms with van der Waals surface area (Å²) >= 11 is 0. The molecule has 1 aromatic heterocycles. The van der Waals surface area contributed by atoms with E-state index in [2.05, 4.69) is 9.56 Å². The van der Waals surface area contributed by atoms with Gasteiger partial charge in [-0.25, -0.2) is 9.38 Å². The molecule has 0 saturated carbocycles. The molecule has 42 heavy (non-hydrogen) atoms. The van der Waals surface area contributed by atoms with Crippen molar-refractivity contribution in [1.82, 2.24) is 9.47 Å². The Bertz CT molecular complexity index is 1730. The molecule has 218 valence electrons. The van der Waals surface area contributed by atoms with Gasteiger partial charge in [-0.1, -0.05) is 18.2 Å². The van der Waals surface area contributed by atoms with Crippen molar-refractivity contribution < 1.29 is 36.9 Å². The number of alkyl halides is 3. The Hall–Kier alpha value is -4.74. The molecule has 0 fully saturated rings. The number of guanidine groups is 1. The number of benzene rings is 3. The van der Waals surface area contributed by atoms with Crippen molar-refractivity contribution in [2.24, 2.45) is 4.99 Å². The van der Waals surface area contributed by atoms with Crippen LogP contribution < -0.4 is 14.4 Å². The van der Waals surface area contributed by atoms with Gasteiger partial charge in [0.15, 0.2) is 0 Å². The van der Waals surface area contributed by atoms with Gasteiger partial charge >= 0.3 is 12.1 Å². The van der Waals surface area contributed by atoms with Crippen molar-refractivity contribution in [2.45, 2.75) is 31.7 Å². The van der Waals surface area contributed by atoms with E-state index in [1.807, 2.05) is 29.2 Å². The van der Waals surface area contributed by atoms with Crippen LogP contribution in [0, 0.1) is 5.82 Å². The molecule has 2 aliphatic rings. The van der Waals surface area contributed by atoms with Crippen LogP contribution in [0.2, 0.25) is 0 Å². The molecule has 0 bridgehead atoms. The standard InChI is InChI=1S/C30H26F4N4O4/c1-41-25-8-4-7-22-20(25)14-18-16-36(11-12-37(18)22)29-35-28-19(5-3-6-21(28)31)23(15-27(39)40)38(29)24-13-17(30(32,33)34)9-10-26(24)42-2/h3-10,13-14,23H,11-12,15-16H2,1-2H3,(H,39,40). The van der Waals surface area contributed by atoms with E-state index in [1.54, 1.807) is 13.2 Å². The third kappa shape index (κ3) is 4.56. The SMILES string of the molecule is COc1ccc(C(F)(F)F)cc1N1C(N2CCn3c(cc4c(OC)cccc43)C2)=Nc2c(F)cccc2C1CC(=O)O. The van der Waals surface area contributed by atoms with Crippen LogP contribution in [0.1, 0.15) is 29.3 Å². The van der Waals surface area contributed by atoms with Crippen LogP contribution in [0.15, 0.2) is 65.7 Å². The number of fused-ring (bicyclic) bond motifs is 4. The highest BCUT2D eigenvalue weighted by Gasteiger charge is 2.40. The highest BCUT2D eigenvalue weighted by Crippen LogP contribution is 2.46. The van der Waals surface area contributed by atoms with Gasteiger partial charge in [-0.3, -0.25) is 4.79 Å². The second kappa shape index (κ2) is 10.3. The highest BCUT2D eigenvalue weighted by atomic mass is 19.4. The zero-order chi connectivity index (χ0) is 29.8. The zero-order valence-electron chi connectivity index (χ0n) is 22.7. The summed E-state index contributed by atoms with van der Waals surface area (Å²) in [6, 6.07) is 13.8. The fraction of sp³-hybridized carbons (Fsp3) is 0.267. The van der Waals surface area contributed by atoms with Gasteiger partial charge in [0.05, 0.1) is 50.0 Å². The van der Waals surface area contributed by atoms with Gasteiger partial charge in [0.25, 0.3) is 0 Å². The van der Waals surface area contributed by atoms with E-state index >= 15 is 4.39 Å². The maximum absolute atomic E-state index is 15.2. The number of aliphatic imine (C=N–C) groups is 1. The summed E-state index contributed by atoms with van der Waals surface area (Å²) in [6.07, 6.45) is -5.20. The van der Waals surface area contributed by atoms with E-state index in [9.17, 15) is 23.1 Å². The summed E-state index contributed by atoms with van der Waals surface area (Å²) in [7, 11) is 2.91. The third-order valence-corrected chi connectivity index (χ3v) is 7.69. The Balaban J connectivity index is 1.55. The van der Waals surface area contributed by atoms with Gasteiger partial charge in [0.2, 0.25) is 5.96 Å². The Morgan fingerprint density at radius 2 is 1.79 bits per heavy atom. The van der Waals surface area contributed by atoms with Crippen molar-refractivity contribution in [3.63, 3.8) is 0 Å². The van der Waals surface area contributed by atoms with Crippen LogP contribution in [0.5, 0.6) is 11.5 Å². The van der Waals surface area contributed by atoms with Crippen molar-refractivity contribution in [3.8, 4) is 11.5 Å². The Kier molecular flexibility index (Phi) is 6.71. The number of aliphatic carboxylic acids is 1. The molecule has 1 unspecified atom stereocenters. The van der Waals surface area contributed by atoms with Gasteiger partial charge in [-0.05, 0) is 42.5 Å². The number of carboxylic acid groups (broad SMARTS) is 1. The number of para-hydroxylation sites is 1. The molecular formula is C30H26F4N4O4. The summed E-state index contributed by atoms with van der Waals surface area (Å²) in [5.41, 5.74) is 1.08. The fourth-order valence-corrected chi connectivity index (χ4v) is 5.82. The summed E-state index contributed by atoms with van der Waals surface area (Å²) in [4.78, 5) is 20.0. The molecule has 4 aromatic rings. The third-order valence-electron chi connectivity index (χ3n) is 7.69. The number of hydrogen-bond acceptors (Lipinski definition) is 6. The van der Waals surface area contributed by atoms with E-state index in [4.69, 9.17) is 9.47 Å². The summed E-state index contributed by atoms with van der Waals surface area (Å²) < 4.78 is 70.0. The van der Waals surface area contributed by atoms with Crippen LogP contribution in [-0.2, 0) is 24.1 Å². The molecule has 0 saturated heterocycles. The predicted octanol–water partition coefficient (Wildman–Crippen LogP) is 6.36. The Labute approximate surface area is 238 Å². The first kappa shape index (κ1) is 27.4. The van der Waals surface area contributed by atoms with Gasteiger partial charge in [-0.15, -0.1) is 0 Å². The van der Waals surface area contributed by atoms with Crippen molar-refractivity contribution in [1.29, 1.82) is 0 Å². The van der Waals surface area contributed by atoms with Crippen LogP contribution in [0.25, 0.3) is 10.9 Å². The normalized spacial score (nSPS) is 16.6. The highest BCUT2D eigenvalue weighted by molar-refractivity contribution is 6.02. The number of rotatable bonds is 5. The van der Waals surface area contributed by atoms with E-state index in [1.165, 1.54) is 30.2 Å². The van der Waals surface area contributed by atoms with Crippen molar-refractivity contribution in [2.75, 3.05) is 25.7 Å². The van der Waals surface area contributed by atoms with E-state index < -0.39 is 36.0 Å². The number of aromatic nitrogens is 1. The smallest absolute Gasteiger partial charge is 0.416 e. The number of anilines is 1. The first-order valence-electron chi connectivity index (χ1n) is 13.1. The number of nitrogens with zero attached hydrogens (tertiary/aromatic N) is 4. The average molecular weight is 583 g/mol. The van der Waals surface area contributed by atoms with Crippen LogP contribution in [0.4, 0.5) is 28.9 Å². The molecule has 0 aliphatic carbocycles. The lowest BCUT2D eigenvalue weighted by atomic mass is 9.96. The molecule has 6 rings (SSSR count). The maximum atomic E-state index is 15.2. The molecule has 1 N–H and O–H groups in total. The van der Waals surface area contributed by atoms with Crippen LogP contribution >= 0.6 is 0 Å². The largest absolute Gasteiger partial charge is 0.496 e. The van der Waals surface area contributed by atoms with Crippen molar-refractivity contribution in [3.05, 3.63) is 83.3 Å². The van der Waals surface area contributed by atoms with E-state index in [0.29, 0.717) is 18.8 Å². The number of carbonyl (C=O) groups is 1. The van der Waals surface area contributed by atoms with Gasteiger partial charge in [-0.2, -0.15) is 13.2 Å². The lowest BCUT2D eigenvalue weighted by molar-refractivity contribution is -0.138. The molecule has 0 spiro atoms. The molecule has 0 radical (unpaired) electrons. The minimum absolute atomic E-state index is 0.0278. The minimum Gasteiger partial charge on any atom is -0.496 e. The topological polar surface area (TPSA) is 79.5 Å². The second-order valence-electron chi connectivity index (χ2n) is 10.1. The molecular weight excluding hydrogens is 556 g/mol. The predicted molar refractivity (Wildman–Crippen MR) is 148 cm³/mol. The number of methoxy groups -OCH3 is 2. The lowest BCUT2D eigenvalue weighted by Crippen LogP contribution is -2.50. The average Bonchev–Trinajstić information content (AvgIpc) is 3.34. The number of halogens is 4. The lowest BCUT2D eigenvalue weighted by Gasteiger charge is -2.43. The van der Waals surface area contributed by atoms with Gasteiger partial charge < -0.3 is 28.9 Å². The molecule has 8 nitrogen and oxygen atoms in total. The Morgan fingerprint density at radius 1 is 1.02 bits per heavy atom. The zero-order valence-corrected chi connectivity index (χ0v) is 22.7. The molecule has 3 heterocycles. The molecule has 1 atom stereocenters. The first-order chi connectivity index (χ1) is 20.1. The summed E-state index contributed by atoms with van der Waals surface area (Å²) in [5.74, 6) is -0.962. The molecule has 12 heteroatoms. The van der Waals surface area contributed by atoms with Crippen LogP contribution in [0.3, 0.4) is 0 Å². The first-order valence-corrected chi connectivity index (χ1v) is 13.1. The molecule has 0 amide bonds. The monoisotopic (exact) mass is 582 g/mol. The number of hydrogen-bond donors (Lipinski definition) is 1. The van der Waals surface area contributed by atoms with E-state index in [0.717, 1.165) is 28.7 Å². The maximum Gasteiger partial charge on any atom is 0.416 e. The fourth-order valence-electron chi connectivity index (χ4n) is 5.82. The quantitative estimate of drug-likeness (QED) is 0.276. The number of carboxylic acids is 1. The molecule has 3 aromatic carbocycles. The number of ether oxygens (including phenoxy) is 2. The molecule has 2 aliphatic heterocycles.